The molecule has 162 valence electrons. The van der Waals surface area contributed by atoms with Crippen LogP contribution in [0.4, 0.5) is 0 Å². The van der Waals surface area contributed by atoms with Crippen LogP contribution in [0.1, 0.15) is 27.2 Å². The number of aromatic nitrogens is 2. The van der Waals surface area contributed by atoms with Crippen molar-refractivity contribution in [3.05, 3.63) is 101 Å². The third kappa shape index (κ3) is 3.68. The first-order valence-electron chi connectivity index (χ1n) is 10.9. The van der Waals surface area contributed by atoms with E-state index in [1.807, 2.05) is 66.7 Å². The van der Waals surface area contributed by atoms with Crippen molar-refractivity contribution < 1.29 is 4.79 Å². The lowest BCUT2D eigenvalue weighted by atomic mass is 10.0. The van der Waals surface area contributed by atoms with Crippen LogP contribution in [0.2, 0.25) is 0 Å². The quantitative estimate of drug-likeness (QED) is 0.289. The molecule has 2 aromatic heterocycles. The first kappa shape index (κ1) is 20.6. The molecule has 0 aliphatic rings. The van der Waals surface area contributed by atoms with E-state index >= 15 is 0 Å². The standard InChI is InChI=1S/C28H24N4O/c1-18-10-9-14-22-24(19(2)32(3)27(18)22)17-29-31-28(33)23-16-26(20-11-5-4-6-12-20)30-25-15-8-7-13-21(23)25/h4-17H,1-3H3,(H,31,33)/b29-17+. The summed E-state index contributed by atoms with van der Waals surface area (Å²) in [5.74, 6) is -0.267. The smallest absolute Gasteiger partial charge is 0.272 e. The molecule has 5 aromatic rings. The van der Waals surface area contributed by atoms with Gasteiger partial charge in [-0.05, 0) is 31.5 Å². The van der Waals surface area contributed by atoms with Gasteiger partial charge in [-0.2, -0.15) is 5.10 Å². The number of para-hydroxylation sites is 2. The third-order valence-corrected chi connectivity index (χ3v) is 6.15. The van der Waals surface area contributed by atoms with E-state index < -0.39 is 0 Å². The molecule has 33 heavy (non-hydrogen) atoms. The molecular weight excluding hydrogens is 408 g/mol. The molecule has 0 radical (unpaired) electrons. The van der Waals surface area contributed by atoms with Gasteiger partial charge in [-0.15, -0.1) is 0 Å². The molecule has 5 heteroatoms. The number of carbonyl (C=O) groups excluding carboxylic acids is 1. The summed E-state index contributed by atoms with van der Waals surface area (Å²) in [6, 6.07) is 25.6. The van der Waals surface area contributed by atoms with Crippen molar-refractivity contribution in [2.75, 3.05) is 0 Å². The molecule has 0 unspecified atom stereocenters. The van der Waals surface area contributed by atoms with E-state index in [0.29, 0.717) is 5.56 Å². The van der Waals surface area contributed by atoms with E-state index in [4.69, 9.17) is 4.98 Å². The van der Waals surface area contributed by atoms with Crippen LogP contribution < -0.4 is 5.43 Å². The molecule has 5 rings (SSSR count). The number of hydrogen-bond acceptors (Lipinski definition) is 3. The van der Waals surface area contributed by atoms with Crippen molar-refractivity contribution in [3.63, 3.8) is 0 Å². The Morgan fingerprint density at radius 2 is 1.67 bits per heavy atom. The molecule has 0 aliphatic carbocycles. The Bertz CT molecular complexity index is 1530. The SMILES string of the molecule is Cc1cccc2c(/C=N/NC(=O)c3cc(-c4ccccc4)nc4ccccc34)c(C)n(C)c12. The van der Waals surface area contributed by atoms with E-state index in [9.17, 15) is 4.79 Å². The lowest BCUT2D eigenvalue weighted by molar-refractivity contribution is 0.0956. The molecule has 1 amide bonds. The molecule has 3 aromatic carbocycles. The summed E-state index contributed by atoms with van der Waals surface area (Å²) in [5.41, 5.74) is 10.2. The highest BCUT2D eigenvalue weighted by atomic mass is 16.2. The summed E-state index contributed by atoms with van der Waals surface area (Å²) in [6.45, 7) is 4.16. The molecule has 5 nitrogen and oxygen atoms in total. The normalized spacial score (nSPS) is 11.5. The number of nitrogens with zero attached hydrogens (tertiary/aromatic N) is 3. The summed E-state index contributed by atoms with van der Waals surface area (Å²) < 4.78 is 2.16. The Kier molecular flexibility index (Phi) is 5.23. The zero-order valence-corrected chi connectivity index (χ0v) is 18.8. The Labute approximate surface area is 192 Å². The summed E-state index contributed by atoms with van der Waals surface area (Å²) in [6.07, 6.45) is 1.73. The van der Waals surface area contributed by atoms with Crippen LogP contribution in [0, 0.1) is 13.8 Å². The van der Waals surface area contributed by atoms with Gasteiger partial charge in [0.15, 0.2) is 0 Å². The molecule has 2 heterocycles. The van der Waals surface area contributed by atoms with Gasteiger partial charge < -0.3 is 4.57 Å². The predicted octanol–water partition coefficient (Wildman–Crippen LogP) is 5.77. The largest absolute Gasteiger partial charge is 0.347 e. The number of carbonyl (C=O) groups is 1. The van der Waals surface area contributed by atoms with Gasteiger partial charge in [0.05, 0.1) is 28.5 Å². The molecule has 0 atom stereocenters. The monoisotopic (exact) mass is 432 g/mol. The van der Waals surface area contributed by atoms with Crippen molar-refractivity contribution in [3.8, 4) is 11.3 Å². The van der Waals surface area contributed by atoms with E-state index in [1.165, 1.54) is 11.1 Å². The number of pyridine rings is 1. The molecule has 1 N–H and O–H groups in total. The van der Waals surface area contributed by atoms with E-state index in [1.54, 1.807) is 6.21 Å². The minimum Gasteiger partial charge on any atom is -0.347 e. The highest BCUT2D eigenvalue weighted by Crippen LogP contribution is 2.27. The van der Waals surface area contributed by atoms with Gasteiger partial charge in [-0.1, -0.05) is 66.7 Å². The third-order valence-electron chi connectivity index (χ3n) is 6.15. The number of amides is 1. The maximum absolute atomic E-state index is 13.2. The van der Waals surface area contributed by atoms with Crippen molar-refractivity contribution in [2.24, 2.45) is 12.1 Å². The number of benzene rings is 3. The minimum atomic E-state index is -0.267. The molecular formula is C28H24N4O. The van der Waals surface area contributed by atoms with Gasteiger partial charge in [-0.25, -0.2) is 10.4 Å². The van der Waals surface area contributed by atoms with Crippen molar-refractivity contribution in [1.29, 1.82) is 0 Å². The number of fused-ring (bicyclic) bond motifs is 2. The Morgan fingerprint density at radius 3 is 2.48 bits per heavy atom. The number of rotatable bonds is 4. The van der Waals surface area contributed by atoms with Gasteiger partial charge in [0.1, 0.15) is 0 Å². The Morgan fingerprint density at radius 1 is 0.939 bits per heavy atom. The Balaban J connectivity index is 1.51. The molecule has 0 fully saturated rings. The van der Waals surface area contributed by atoms with Crippen LogP contribution in [0.3, 0.4) is 0 Å². The van der Waals surface area contributed by atoms with Crippen molar-refractivity contribution in [2.45, 2.75) is 13.8 Å². The number of hydrogen-bond donors (Lipinski definition) is 1. The van der Waals surface area contributed by atoms with E-state index in [-0.39, 0.29) is 5.91 Å². The first-order valence-corrected chi connectivity index (χ1v) is 10.9. The van der Waals surface area contributed by atoms with Crippen LogP contribution in [0.15, 0.2) is 84.0 Å². The van der Waals surface area contributed by atoms with Crippen LogP contribution in [-0.4, -0.2) is 21.7 Å². The van der Waals surface area contributed by atoms with E-state index in [2.05, 4.69) is 48.1 Å². The lowest BCUT2D eigenvalue weighted by Crippen LogP contribution is -2.18. The maximum Gasteiger partial charge on any atom is 0.272 e. The van der Waals surface area contributed by atoms with Crippen molar-refractivity contribution in [1.82, 2.24) is 15.0 Å². The maximum atomic E-state index is 13.2. The molecule has 0 spiro atoms. The topological polar surface area (TPSA) is 59.3 Å². The van der Waals surface area contributed by atoms with Crippen LogP contribution in [0.25, 0.3) is 33.1 Å². The lowest BCUT2D eigenvalue weighted by Gasteiger charge is -2.09. The zero-order valence-electron chi connectivity index (χ0n) is 18.8. The number of aryl methyl sites for hydroxylation is 2. The second-order valence-corrected chi connectivity index (χ2v) is 8.17. The van der Waals surface area contributed by atoms with Crippen molar-refractivity contribution >= 4 is 33.9 Å². The van der Waals surface area contributed by atoms with E-state index in [0.717, 1.165) is 38.8 Å². The summed E-state index contributed by atoms with van der Waals surface area (Å²) in [5, 5.41) is 6.24. The zero-order chi connectivity index (χ0) is 22.9. The molecule has 0 saturated heterocycles. The average molecular weight is 433 g/mol. The number of nitrogens with one attached hydrogen (secondary N) is 1. The fourth-order valence-electron chi connectivity index (χ4n) is 4.36. The second kappa shape index (κ2) is 8.36. The average Bonchev–Trinajstić information content (AvgIpc) is 3.09. The fraction of sp³-hybridized carbons (Fsp3) is 0.107. The second-order valence-electron chi connectivity index (χ2n) is 8.17. The first-order chi connectivity index (χ1) is 16.0. The Hall–Kier alpha value is -4.25. The molecule has 0 bridgehead atoms. The summed E-state index contributed by atoms with van der Waals surface area (Å²) in [4.78, 5) is 17.9. The predicted molar refractivity (Wildman–Crippen MR) is 135 cm³/mol. The van der Waals surface area contributed by atoms with Gasteiger partial charge in [-0.3, -0.25) is 4.79 Å². The molecule has 0 saturated carbocycles. The summed E-state index contributed by atoms with van der Waals surface area (Å²) >= 11 is 0. The van der Waals surface area contributed by atoms with Crippen LogP contribution >= 0.6 is 0 Å². The highest BCUT2D eigenvalue weighted by Gasteiger charge is 2.15. The van der Waals surface area contributed by atoms with Gasteiger partial charge in [0, 0.05) is 34.6 Å². The summed E-state index contributed by atoms with van der Waals surface area (Å²) in [7, 11) is 2.05. The fourth-order valence-corrected chi connectivity index (χ4v) is 4.36. The van der Waals surface area contributed by atoms with Gasteiger partial charge >= 0.3 is 0 Å². The van der Waals surface area contributed by atoms with Crippen LogP contribution in [-0.2, 0) is 7.05 Å². The number of hydrazone groups is 1. The highest BCUT2D eigenvalue weighted by molar-refractivity contribution is 6.08. The minimum absolute atomic E-state index is 0.267. The van der Waals surface area contributed by atoms with Crippen LogP contribution in [0.5, 0.6) is 0 Å². The van der Waals surface area contributed by atoms with Gasteiger partial charge in [0.25, 0.3) is 5.91 Å². The molecule has 0 aliphatic heterocycles. The van der Waals surface area contributed by atoms with Gasteiger partial charge in [0.2, 0.25) is 0 Å².